The Balaban J connectivity index is 2.01. The van der Waals surface area contributed by atoms with Gasteiger partial charge in [-0.1, -0.05) is 6.92 Å². The lowest BCUT2D eigenvalue weighted by molar-refractivity contribution is 0.127. The molecule has 0 spiro atoms. The number of nitrogens with zero attached hydrogens (tertiary/aromatic N) is 2. The zero-order chi connectivity index (χ0) is 15.3. The Labute approximate surface area is 128 Å². The molecule has 2 atom stereocenters. The Morgan fingerprint density at radius 1 is 1.33 bits per heavy atom. The van der Waals surface area contributed by atoms with E-state index >= 15 is 0 Å². The maximum absolute atomic E-state index is 11.7. The quantitative estimate of drug-likeness (QED) is 0.847. The molecule has 0 aromatic heterocycles. The third-order valence-corrected chi connectivity index (χ3v) is 6.47. The van der Waals surface area contributed by atoms with Crippen LogP contribution in [0.25, 0.3) is 0 Å². The summed E-state index contributed by atoms with van der Waals surface area (Å²) < 4.78 is 23.5. The fourth-order valence-corrected chi connectivity index (χ4v) is 4.83. The van der Waals surface area contributed by atoms with E-state index in [-0.39, 0.29) is 5.75 Å². The molecule has 6 heteroatoms. The van der Waals surface area contributed by atoms with Crippen LogP contribution in [-0.4, -0.2) is 56.0 Å². The number of hydrogen-bond donors (Lipinski definition) is 1. The van der Waals surface area contributed by atoms with Gasteiger partial charge < -0.3 is 0 Å². The van der Waals surface area contributed by atoms with Crippen LogP contribution in [0, 0.1) is 11.3 Å². The van der Waals surface area contributed by atoms with Crippen molar-refractivity contribution in [3.05, 3.63) is 0 Å². The van der Waals surface area contributed by atoms with Crippen LogP contribution < -0.4 is 5.32 Å². The molecule has 2 rings (SSSR count). The zero-order valence-electron chi connectivity index (χ0n) is 13.0. The van der Waals surface area contributed by atoms with E-state index in [1.807, 2.05) is 0 Å². The molecule has 0 bridgehead atoms. The van der Waals surface area contributed by atoms with Gasteiger partial charge in [-0.05, 0) is 51.6 Å². The molecule has 0 radical (unpaired) electrons. The van der Waals surface area contributed by atoms with E-state index in [1.54, 1.807) is 0 Å². The van der Waals surface area contributed by atoms with E-state index in [1.165, 1.54) is 0 Å². The van der Waals surface area contributed by atoms with Gasteiger partial charge in [0.1, 0.15) is 5.54 Å². The molecule has 0 amide bonds. The number of nitriles is 1. The fraction of sp³-hybridized carbons (Fsp3) is 0.933. The van der Waals surface area contributed by atoms with Gasteiger partial charge in [0.25, 0.3) is 0 Å². The molecule has 21 heavy (non-hydrogen) atoms. The predicted molar refractivity (Wildman–Crippen MR) is 83.7 cm³/mol. The van der Waals surface area contributed by atoms with Crippen molar-refractivity contribution in [1.82, 2.24) is 10.2 Å². The lowest BCUT2D eigenvalue weighted by atomic mass is 9.79. The molecule has 1 saturated carbocycles. The molecule has 5 nitrogen and oxygen atoms in total. The molecule has 1 heterocycles. The number of sulfone groups is 1. The number of hydrogen-bond acceptors (Lipinski definition) is 5. The largest absolute Gasteiger partial charge is 0.299 e. The zero-order valence-corrected chi connectivity index (χ0v) is 13.8. The smallest absolute Gasteiger partial charge is 0.151 e. The maximum Gasteiger partial charge on any atom is 0.151 e. The van der Waals surface area contributed by atoms with Crippen molar-refractivity contribution in [3.8, 4) is 6.07 Å². The molecule has 1 aliphatic carbocycles. The maximum atomic E-state index is 11.7. The van der Waals surface area contributed by atoms with E-state index in [0.29, 0.717) is 18.3 Å². The minimum Gasteiger partial charge on any atom is -0.299 e. The van der Waals surface area contributed by atoms with Crippen molar-refractivity contribution in [2.75, 3.05) is 31.1 Å². The molecule has 1 saturated heterocycles. The molecule has 2 aliphatic rings. The van der Waals surface area contributed by atoms with Gasteiger partial charge in [0, 0.05) is 12.6 Å². The summed E-state index contributed by atoms with van der Waals surface area (Å²) in [6, 6.07) is 2.84. The minimum atomic E-state index is -2.86. The van der Waals surface area contributed by atoms with E-state index in [0.717, 1.165) is 51.6 Å². The van der Waals surface area contributed by atoms with Crippen LogP contribution in [0.5, 0.6) is 0 Å². The van der Waals surface area contributed by atoms with Crippen LogP contribution in [0.2, 0.25) is 0 Å². The molecule has 1 N–H and O–H groups in total. The highest BCUT2D eigenvalue weighted by molar-refractivity contribution is 7.91. The van der Waals surface area contributed by atoms with E-state index in [2.05, 4.69) is 23.2 Å². The molecular formula is C15H27N3O2S. The molecule has 2 unspecified atom stereocenters. The van der Waals surface area contributed by atoms with Crippen LogP contribution in [0.1, 0.15) is 45.4 Å². The van der Waals surface area contributed by atoms with Gasteiger partial charge in [-0.25, -0.2) is 8.42 Å². The Bertz CT molecular complexity index is 486. The summed E-state index contributed by atoms with van der Waals surface area (Å²) in [5, 5.41) is 13.0. The van der Waals surface area contributed by atoms with Gasteiger partial charge in [0.05, 0.1) is 17.6 Å². The van der Waals surface area contributed by atoms with Crippen LogP contribution in [-0.2, 0) is 9.84 Å². The van der Waals surface area contributed by atoms with Gasteiger partial charge in [-0.15, -0.1) is 0 Å². The number of rotatable bonds is 4. The lowest BCUT2D eigenvalue weighted by Crippen LogP contribution is -2.53. The van der Waals surface area contributed by atoms with Crippen molar-refractivity contribution in [1.29, 1.82) is 5.26 Å². The highest BCUT2D eigenvalue weighted by Gasteiger charge is 2.38. The highest BCUT2D eigenvalue weighted by Crippen LogP contribution is 2.31. The first-order valence-corrected chi connectivity index (χ1v) is 9.93. The average molecular weight is 313 g/mol. The predicted octanol–water partition coefficient (Wildman–Crippen LogP) is 1.31. The summed E-state index contributed by atoms with van der Waals surface area (Å²) in [5.41, 5.74) is -0.413. The van der Waals surface area contributed by atoms with Crippen LogP contribution in [0.3, 0.4) is 0 Å². The van der Waals surface area contributed by atoms with Crippen molar-refractivity contribution < 1.29 is 8.42 Å². The Hall–Kier alpha value is -0.640. The van der Waals surface area contributed by atoms with Crippen molar-refractivity contribution in [3.63, 3.8) is 0 Å². The van der Waals surface area contributed by atoms with Gasteiger partial charge in [-0.2, -0.15) is 5.26 Å². The normalized spacial score (nSPS) is 34.0. The van der Waals surface area contributed by atoms with Crippen LogP contribution >= 0.6 is 0 Å². The van der Waals surface area contributed by atoms with Crippen molar-refractivity contribution >= 4 is 9.84 Å². The second-order valence-corrected chi connectivity index (χ2v) is 8.72. The molecule has 2 fully saturated rings. The van der Waals surface area contributed by atoms with Gasteiger partial charge in [-0.3, -0.25) is 10.2 Å². The van der Waals surface area contributed by atoms with Crippen molar-refractivity contribution in [2.45, 2.75) is 57.0 Å². The van der Waals surface area contributed by atoms with Gasteiger partial charge >= 0.3 is 0 Å². The lowest BCUT2D eigenvalue weighted by Gasteiger charge is -2.41. The molecule has 1 aliphatic heterocycles. The first kappa shape index (κ1) is 16.7. The molecule has 0 aromatic carbocycles. The average Bonchev–Trinajstić information content (AvgIpc) is 2.66. The summed E-state index contributed by atoms with van der Waals surface area (Å²) in [6.07, 6.45) is 5.60. The summed E-state index contributed by atoms with van der Waals surface area (Å²) in [4.78, 5) is 2.31. The topological polar surface area (TPSA) is 73.2 Å². The summed E-state index contributed by atoms with van der Waals surface area (Å²) in [6.45, 7) is 4.45. The van der Waals surface area contributed by atoms with E-state index in [4.69, 9.17) is 0 Å². The Morgan fingerprint density at radius 3 is 2.86 bits per heavy atom. The third kappa shape index (κ3) is 4.41. The molecule has 120 valence electrons. The second-order valence-electron chi connectivity index (χ2n) is 6.41. The SMILES string of the molecule is CCCNC1(C#N)CCCC(N2CCCS(=O)(=O)CC2)C1. The van der Waals surface area contributed by atoms with Crippen LogP contribution in [0.15, 0.2) is 0 Å². The standard InChI is InChI=1S/C15H27N3O2S/c1-2-7-17-15(13-16)6-3-5-14(12-15)18-8-4-10-21(19,20)11-9-18/h14,17H,2-12H2,1H3. The first-order valence-electron chi connectivity index (χ1n) is 8.11. The second kappa shape index (κ2) is 7.08. The fourth-order valence-electron chi connectivity index (χ4n) is 3.55. The third-order valence-electron chi connectivity index (χ3n) is 4.76. The Morgan fingerprint density at radius 2 is 2.14 bits per heavy atom. The van der Waals surface area contributed by atoms with Gasteiger partial charge in [0.2, 0.25) is 0 Å². The van der Waals surface area contributed by atoms with Gasteiger partial charge in [0.15, 0.2) is 9.84 Å². The van der Waals surface area contributed by atoms with Crippen molar-refractivity contribution in [2.24, 2.45) is 0 Å². The monoisotopic (exact) mass is 313 g/mol. The first-order chi connectivity index (χ1) is 10.0. The highest BCUT2D eigenvalue weighted by atomic mass is 32.2. The summed E-state index contributed by atoms with van der Waals surface area (Å²) >= 11 is 0. The Kier molecular flexibility index (Phi) is 5.64. The minimum absolute atomic E-state index is 0.269. The van der Waals surface area contributed by atoms with Crippen LogP contribution in [0.4, 0.5) is 0 Å². The number of nitrogens with one attached hydrogen (secondary N) is 1. The van der Waals surface area contributed by atoms with E-state index in [9.17, 15) is 13.7 Å². The summed E-state index contributed by atoms with van der Waals surface area (Å²) in [5.74, 6) is 0.582. The molecule has 0 aromatic rings. The molecular weight excluding hydrogens is 286 g/mol. The summed E-state index contributed by atoms with van der Waals surface area (Å²) in [7, 11) is -2.86. The van der Waals surface area contributed by atoms with E-state index < -0.39 is 15.4 Å².